The van der Waals surface area contributed by atoms with Crippen molar-refractivity contribution in [2.75, 3.05) is 19.0 Å². The molecule has 0 unspecified atom stereocenters. The highest BCUT2D eigenvalue weighted by Crippen LogP contribution is 2.27. The van der Waals surface area contributed by atoms with Gasteiger partial charge in [-0.3, -0.25) is 4.79 Å². The van der Waals surface area contributed by atoms with Crippen molar-refractivity contribution in [3.63, 3.8) is 0 Å². The van der Waals surface area contributed by atoms with Crippen molar-refractivity contribution in [2.45, 2.75) is 20.4 Å². The van der Waals surface area contributed by atoms with Crippen molar-refractivity contribution in [3.05, 3.63) is 65.2 Å². The number of hydrogen-bond donors (Lipinski definition) is 1. The van der Waals surface area contributed by atoms with Gasteiger partial charge in [-0.15, -0.1) is 0 Å². The van der Waals surface area contributed by atoms with E-state index < -0.39 is 0 Å². The number of methoxy groups -OCH3 is 1. The van der Waals surface area contributed by atoms with Crippen molar-refractivity contribution < 1.29 is 18.7 Å². The molecule has 0 bridgehead atoms. The van der Waals surface area contributed by atoms with Crippen LogP contribution >= 0.6 is 0 Å². The van der Waals surface area contributed by atoms with Crippen LogP contribution < -0.4 is 14.8 Å². The summed E-state index contributed by atoms with van der Waals surface area (Å²) in [4.78, 5) is 12.4. The van der Waals surface area contributed by atoms with E-state index in [-0.39, 0.29) is 12.5 Å². The summed E-state index contributed by atoms with van der Waals surface area (Å²) in [6.45, 7) is 4.00. The Morgan fingerprint density at radius 3 is 2.54 bits per heavy atom. The molecule has 144 valence electrons. The van der Waals surface area contributed by atoms with E-state index in [9.17, 15) is 10.1 Å². The third-order valence-electron chi connectivity index (χ3n) is 4.52. The summed E-state index contributed by atoms with van der Waals surface area (Å²) in [6, 6.07) is 12.8. The molecule has 3 rings (SSSR count). The summed E-state index contributed by atoms with van der Waals surface area (Å²) in [7, 11) is 1.58. The molecule has 28 heavy (non-hydrogen) atoms. The first-order chi connectivity index (χ1) is 13.5. The number of aromatic nitrogens is 1. The molecule has 0 aliphatic heterocycles. The van der Waals surface area contributed by atoms with Crippen molar-refractivity contribution in [1.29, 1.82) is 5.26 Å². The number of rotatable bonds is 7. The fourth-order valence-electron chi connectivity index (χ4n) is 2.88. The van der Waals surface area contributed by atoms with Crippen LogP contribution in [0.1, 0.15) is 22.6 Å². The van der Waals surface area contributed by atoms with Crippen molar-refractivity contribution >= 4 is 11.7 Å². The monoisotopic (exact) mass is 379 g/mol. The Kier molecular flexibility index (Phi) is 5.70. The predicted molar refractivity (Wildman–Crippen MR) is 104 cm³/mol. The third-order valence-corrected chi connectivity index (χ3v) is 4.52. The zero-order chi connectivity index (χ0) is 20.1. The summed E-state index contributed by atoms with van der Waals surface area (Å²) in [5.74, 6) is 2.07. The number of benzene rings is 1. The van der Waals surface area contributed by atoms with Crippen molar-refractivity contribution in [2.24, 2.45) is 0 Å². The molecule has 0 atom stereocenters. The number of nitrogens with one attached hydrogen (secondary N) is 1. The molecule has 1 N–H and O–H groups in total. The Balaban J connectivity index is 1.75. The van der Waals surface area contributed by atoms with Crippen LogP contribution in [0, 0.1) is 25.2 Å². The molecule has 0 radical (unpaired) electrons. The highest BCUT2D eigenvalue weighted by atomic mass is 16.5. The first kappa shape index (κ1) is 19.1. The lowest BCUT2D eigenvalue weighted by molar-refractivity contribution is -0.118. The maximum atomic E-state index is 12.4. The van der Waals surface area contributed by atoms with Crippen LogP contribution in [-0.4, -0.2) is 24.2 Å². The zero-order valence-corrected chi connectivity index (χ0v) is 16.0. The van der Waals surface area contributed by atoms with Gasteiger partial charge in [-0.25, -0.2) is 0 Å². The second-order valence-corrected chi connectivity index (χ2v) is 6.22. The first-order valence-electron chi connectivity index (χ1n) is 8.72. The second kappa shape index (κ2) is 8.35. The number of furan rings is 1. The maximum Gasteiger partial charge on any atom is 0.263 e. The number of anilines is 1. The van der Waals surface area contributed by atoms with Gasteiger partial charge in [0.1, 0.15) is 29.1 Å². The quantitative estimate of drug-likeness (QED) is 0.677. The number of ether oxygens (including phenoxy) is 2. The average molecular weight is 379 g/mol. The fourth-order valence-corrected chi connectivity index (χ4v) is 2.88. The van der Waals surface area contributed by atoms with Crippen LogP contribution in [0.15, 0.2) is 47.1 Å². The smallest absolute Gasteiger partial charge is 0.263 e. The van der Waals surface area contributed by atoms with Gasteiger partial charge in [0.05, 0.1) is 25.5 Å². The molecule has 2 heterocycles. The molecule has 0 aliphatic rings. The predicted octanol–water partition coefficient (Wildman–Crippen LogP) is 3.64. The molecule has 0 saturated heterocycles. The van der Waals surface area contributed by atoms with Gasteiger partial charge in [0.25, 0.3) is 5.91 Å². The van der Waals surface area contributed by atoms with Crippen LogP contribution in [0.3, 0.4) is 0 Å². The lowest BCUT2D eigenvalue weighted by Gasteiger charge is -2.12. The van der Waals surface area contributed by atoms with E-state index in [1.807, 2.05) is 24.5 Å². The Hall–Kier alpha value is -3.66. The molecule has 1 aromatic carbocycles. The zero-order valence-electron chi connectivity index (χ0n) is 16.0. The van der Waals surface area contributed by atoms with Gasteiger partial charge >= 0.3 is 0 Å². The molecule has 1 amide bonds. The van der Waals surface area contributed by atoms with Crippen molar-refractivity contribution in [3.8, 4) is 17.6 Å². The van der Waals surface area contributed by atoms with Crippen molar-refractivity contribution in [1.82, 2.24) is 4.57 Å². The van der Waals surface area contributed by atoms with Crippen LogP contribution in [0.4, 0.5) is 5.82 Å². The molecule has 7 heteroatoms. The highest BCUT2D eigenvalue weighted by molar-refractivity contribution is 5.93. The van der Waals surface area contributed by atoms with Gasteiger partial charge in [0.15, 0.2) is 6.61 Å². The number of amides is 1. The number of nitriles is 1. The maximum absolute atomic E-state index is 12.4. The minimum absolute atomic E-state index is 0.179. The van der Waals surface area contributed by atoms with Gasteiger partial charge in [0.2, 0.25) is 0 Å². The largest absolute Gasteiger partial charge is 0.497 e. The van der Waals surface area contributed by atoms with E-state index >= 15 is 0 Å². The summed E-state index contributed by atoms with van der Waals surface area (Å²) < 4.78 is 17.9. The van der Waals surface area contributed by atoms with Crippen LogP contribution in [0.5, 0.6) is 11.5 Å². The highest BCUT2D eigenvalue weighted by Gasteiger charge is 2.20. The van der Waals surface area contributed by atoms with E-state index in [1.165, 1.54) is 0 Å². The van der Waals surface area contributed by atoms with Gasteiger partial charge in [-0.2, -0.15) is 5.26 Å². The number of hydrogen-bond acceptors (Lipinski definition) is 5. The van der Waals surface area contributed by atoms with Gasteiger partial charge < -0.3 is 23.8 Å². The van der Waals surface area contributed by atoms with E-state index in [0.717, 1.165) is 17.0 Å². The molecular weight excluding hydrogens is 358 g/mol. The third kappa shape index (κ3) is 4.01. The van der Waals surface area contributed by atoms with Crippen LogP contribution in [0.2, 0.25) is 0 Å². The number of carbonyl (C=O) groups is 1. The molecule has 0 aliphatic carbocycles. The lowest BCUT2D eigenvalue weighted by Crippen LogP contribution is -2.22. The van der Waals surface area contributed by atoms with E-state index in [0.29, 0.717) is 29.4 Å². The first-order valence-corrected chi connectivity index (χ1v) is 8.72. The number of nitrogens with zero attached hydrogens (tertiary/aromatic N) is 2. The average Bonchev–Trinajstić information content (AvgIpc) is 3.30. The minimum atomic E-state index is -0.356. The number of carbonyl (C=O) groups excluding carboxylic acids is 1. The Morgan fingerprint density at radius 1 is 1.21 bits per heavy atom. The van der Waals surface area contributed by atoms with Crippen LogP contribution in [-0.2, 0) is 11.3 Å². The molecule has 0 saturated carbocycles. The Bertz CT molecular complexity index is 996. The Morgan fingerprint density at radius 2 is 1.93 bits per heavy atom. The molecular formula is C21H21N3O4. The SMILES string of the molecule is COc1ccc(OCC(=O)Nc2c(C#N)c(C)c(C)n2Cc2ccco2)cc1. The van der Waals surface area contributed by atoms with Gasteiger partial charge in [-0.05, 0) is 55.8 Å². The fraction of sp³-hybridized carbons (Fsp3) is 0.238. The molecule has 0 fully saturated rings. The molecule has 3 aromatic rings. The van der Waals surface area contributed by atoms with Gasteiger partial charge in [0, 0.05) is 5.69 Å². The molecule has 7 nitrogen and oxygen atoms in total. The Labute approximate surface area is 163 Å². The van der Waals surface area contributed by atoms with E-state index in [1.54, 1.807) is 43.7 Å². The van der Waals surface area contributed by atoms with E-state index in [2.05, 4.69) is 11.4 Å². The van der Waals surface area contributed by atoms with E-state index in [4.69, 9.17) is 13.9 Å². The normalized spacial score (nSPS) is 10.4. The molecule has 0 spiro atoms. The minimum Gasteiger partial charge on any atom is -0.497 e. The van der Waals surface area contributed by atoms with Crippen LogP contribution in [0.25, 0.3) is 0 Å². The molecule has 2 aromatic heterocycles. The summed E-state index contributed by atoms with van der Waals surface area (Å²) >= 11 is 0. The lowest BCUT2D eigenvalue weighted by atomic mass is 10.2. The summed E-state index contributed by atoms with van der Waals surface area (Å²) in [5.41, 5.74) is 2.14. The summed E-state index contributed by atoms with van der Waals surface area (Å²) in [6.07, 6.45) is 1.59. The topological polar surface area (TPSA) is 89.4 Å². The standard InChI is InChI=1S/C21H21N3O4/c1-14-15(2)24(12-18-5-4-10-27-18)21(19(14)11-22)23-20(25)13-28-17-8-6-16(26-3)7-9-17/h4-10H,12-13H2,1-3H3,(H,23,25). The second-order valence-electron chi connectivity index (χ2n) is 6.22. The summed E-state index contributed by atoms with van der Waals surface area (Å²) in [5, 5.41) is 12.4. The van der Waals surface area contributed by atoms with Gasteiger partial charge in [-0.1, -0.05) is 0 Å².